The number of benzene rings is 1. The van der Waals surface area contributed by atoms with Crippen molar-refractivity contribution in [2.24, 2.45) is 16.5 Å². The summed E-state index contributed by atoms with van der Waals surface area (Å²) in [7, 11) is 1.55. The van der Waals surface area contributed by atoms with Gasteiger partial charge in [0, 0.05) is 19.0 Å². The molecule has 1 aromatic carbocycles. The largest absolute Gasteiger partial charge is 0.496 e. The molecule has 224 valence electrons. The third-order valence-electron chi connectivity index (χ3n) is 5.95. The summed E-state index contributed by atoms with van der Waals surface area (Å²) in [5.41, 5.74) is 12.3. The minimum atomic E-state index is -0.786. The molecule has 1 aliphatic rings. The molecular formula is C26H34N10O5S. The van der Waals surface area contributed by atoms with Crippen LogP contribution in [0, 0.1) is 11.3 Å². The van der Waals surface area contributed by atoms with Gasteiger partial charge in [-0.2, -0.15) is 10.4 Å². The highest BCUT2D eigenvalue weighted by Crippen LogP contribution is 2.38. The van der Waals surface area contributed by atoms with Crippen LogP contribution in [-0.2, 0) is 14.4 Å². The fraction of sp³-hybridized carbons (Fsp3) is 0.385. The van der Waals surface area contributed by atoms with Gasteiger partial charge in [0.15, 0.2) is 5.82 Å². The highest BCUT2D eigenvalue weighted by atomic mass is 32.2. The van der Waals surface area contributed by atoms with Gasteiger partial charge in [0.2, 0.25) is 17.7 Å². The first kappa shape index (κ1) is 31.8. The maximum Gasteiger partial charge on any atom is 0.235 e. The van der Waals surface area contributed by atoms with E-state index in [-0.39, 0.29) is 25.5 Å². The zero-order valence-corrected chi connectivity index (χ0v) is 24.0. The Labute approximate surface area is 246 Å². The summed E-state index contributed by atoms with van der Waals surface area (Å²) in [6.07, 6.45) is 3.42. The summed E-state index contributed by atoms with van der Waals surface area (Å²) in [5, 5.41) is 26.9. The Morgan fingerprint density at radius 3 is 2.71 bits per heavy atom. The van der Waals surface area contributed by atoms with Crippen molar-refractivity contribution >= 4 is 41.1 Å². The predicted molar refractivity (Wildman–Crippen MR) is 159 cm³/mol. The van der Waals surface area contributed by atoms with Gasteiger partial charge >= 0.3 is 0 Å². The van der Waals surface area contributed by atoms with Gasteiger partial charge in [0.1, 0.15) is 34.4 Å². The summed E-state index contributed by atoms with van der Waals surface area (Å²) >= 11 is 1.20. The molecule has 15 nitrogen and oxygen atoms in total. The van der Waals surface area contributed by atoms with Crippen molar-refractivity contribution in [2.45, 2.75) is 24.1 Å². The molecule has 0 spiro atoms. The number of hydrogen-bond acceptors (Lipinski definition) is 12. The number of aliphatic imine (C=N–C) groups is 1. The number of H-pyrrole nitrogens is 1. The number of allylic oxidation sites excluding steroid dienone is 1. The minimum absolute atomic E-state index is 0.193. The second kappa shape index (κ2) is 15.9. The number of carbonyl (C=O) groups excluding carboxylic acids is 3. The highest BCUT2D eigenvalue weighted by molar-refractivity contribution is 8.00. The number of rotatable bonds is 15. The predicted octanol–water partition coefficient (Wildman–Crippen LogP) is -0.201. The van der Waals surface area contributed by atoms with Crippen LogP contribution in [0.15, 0.2) is 41.2 Å². The lowest BCUT2D eigenvalue weighted by atomic mass is 10.1. The normalized spacial score (nSPS) is 13.8. The molecule has 0 fully saturated rings. The van der Waals surface area contributed by atoms with Crippen molar-refractivity contribution in [3.63, 3.8) is 0 Å². The van der Waals surface area contributed by atoms with E-state index < -0.39 is 23.1 Å². The topological polar surface area (TPSA) is 235 Å². The molecule has 0 saturated heterocycles. The zero-order chi connectivity index (χ0) is 30.5. The van der Waals surface area contributed by atoms with E-state index in [1.165, 1.54) is 18.0 Å². The SMILES string of the molecule is COc1cccc(OCCCNC(=O)C(SC)C(CC(N)=O)NC(=O)CN)c1-c1cc(NC2=NC=C(C#N)NC2)n[nH]1. The monoisotopic (exact) mass is 598 g/mol. The second-order valence-corrected chi connectivity index (χ2v) is 9.89. The maximum absolute atomic E-state index is 12.8. The molecule has 2 aromatic rings. The van der Waals surface area contributed by atoms with Crippen molar-refractivity contribution in [2.75, 3.05) is 44.9 Å². The number of anilines is 1. The van der Waals surface area contributed by atoms with Gasteiger partial charge in [-0.3, -0.25) is 19.5 Å². The van der Waals surface area contributed by atoms with E-state index in [1.807, 2.05) is 6.07 Å². The number of aromatic nitrogens is 2. The highest BCUT2D eigenvalue weighted by Gasteiger charge is 2.30. The third kappa shape index (κ3) is 8.88. The standard InChI is InChI=1S/C26H34N10O5S/c1-40-18-5-3-6-19(24(18)16-10-21(36-35-16)34-22-14-31-15(11-27)13-32-22)41-8-4-7-30-26(39)25(42-2)17(9-20(29)37)33-23(38)12-28/h3,5-6,10,13,17,25,31H,4,7-9,12,14,28H2,1-2H3,(H2,29,37)(H,30,39)(H,33,38)(H2,32,34,35,36). The fourth-order valence-electron chi connectivity index (χ4n) is 4.02. The number of ether oxygens (including phenoxy) is 2. The van der Waals surface area contributed by atoms with E-state index in [0.717, 1.165) is 0 Å². The first-order chi connectivity index (χ1) is 20.3. The van der Waals surface area contributed by atoms with Gasteiger partial charge < -0.3 is 42.2 Å². The maximum atomic E-state index is 12.8. The van der Waals surface area contributed by atoms with Crippen molar-refractivity contribution < 1.29 is 23.9 Å². The lowest BCUT2D eigenvalue weighted by Crippen LogP contribution is -2.51. The van der Waals surface area contributed by atoms with Crippen molar-refractivity contribution in [1.29, 1.82) is 5.26 Å². The fourth-order valence-corrected chi connectivity index (χ4v) is 4.81. The first-order valence-corrected chi connectivity index (χ1v) is 14.2. The van der Waals surface area contributed by atoms with Gasteiger partial charge in [-0.15, -0.1) is 11.8 Å². The van der Waals surface area contributed by atoms with E-state index in [1.54, 1.807) is 37.6 Å². The molecule has 1 aliphatic heterocycles. The number of methoxy groups -OCH3 is 1. The molecule has 3 rings (SSSR count). The Balaban J connectivity index is 1.60. The molecule has 2 heterocycles. The van der Waals surface area contributed by atoms with E-state index in [9.17, 15) is 14.4 Å². The van der Waals surface area contributed by atoms with Crippen LogP contribution < -0.4 is 42.2 Å². The van der Waals surface area contributed by atoms with E-state index in [4.69, 9.17) is 26.2 Å². The summed E-state index contributed by atoms with van der Waals surface area (Å²) in [4.78, 5) is 40.3. The molecule has 2 unspecified atom stereocenters. The molecule has 0 bridgehead atoms. The molecule has 42 heavy (non-hydrogen) atoms. The number of thioether (sulfide) groups is 1. The average molecular weight is 599 g/mol. The van der Waals surface area contributed by atoms with E-state index in [2.05, 4.69) is 36.5 Å². The molecule has 0 aliphatic carbocycles. The van der Waals surface area contributed by atoms with Crippen LogP contribution in [0.4, 0.5) is 5.82 Å². The Kier molecular flexibility index (Phi) is 12.0. The number of amidine groups is 1. The Morgan fingerprint density at radius 1 is 1.29 bits per heavy atom. The van der Waals surface area contributed by atoms with Crippen molar-refractivity contribution in [3.8, 4) is 28.8 Å². The molecule has 1 aromatic heterocycles. The van der Waals surface area contributed by atoms with Crippen LogP contribution >= 0.6 is 11.8 Å². The quantitative estimate of drug-likeness (QED) is 0.133. The van der Waals surface area contributed by atoms with Gasteiger partial charge in [-0.25, -0.2) is 4.99 Å². The number of nitriles is 1. The summed E-state index contributed by atoms with van der Waals surface area (Å²) in [5.74, 6) is 0.748. The lowest BCUT2D eigenvalue weighted by molar-refractivity contribution is -0.123. The number of nitrogens with two attached hydrogens (primary N) is 2. The Hall–Kier alpha value is -4.75. The van der Waals surface area contributed by atoms with Crippen molar-refractivity contribution in [3.05, 3.63) is 36.2 Å². The molecule has 0 radical (unpaired) electrons. The molecule has 2 atom stereocenters. The van der Waals surface area contributed by atoms with E-state index in [0.29, 0.717) is 59.6 Å². The van der Waals surface area contributed by atoms with Crippen LogP contribution in [0.1, 0.15) is 12.8 Å². The van der Waals surface area contributed by atoms with Gasteiger partial charge in [-0.05, 0) is 24.8 Å². The van der Waals surface area contributed by atoms with Gasteiger partial charge in [0.25, 0.3) is 0 Å². The van der Waals surface area contributed by atoms with E-state index >= 15 is 0 Å². The number of hydrogen-bond donors (Lipinski definition) is 7. The van der Waals surface area contributed by atoms with Gasteiger partial charge in [0.05, 0.1) is 50.3 Å². The summed E-state index contributed by atoms with van der Waals surface area (Å²) in [6, 6.07) is 8.39. The summed E-state index contributed by atoms with van der Waals surface area (Å²) in [6.45, 7) is 0.646. The van der Waals surface area contributed by atoms with Crippen molar-refractivity contribution in [1.82, 2.24) is 26.1 Å². The smallest absolute Gasteiger partial charge is 0.235 e. The van der Waals surface area contributed by atoms with Crippen LogP contribution in [0.3, 0.4) is 0 Å². The minimum Gasteiger partial charge on any atom is -0.496 e. The number of nitrogens with one attached hydrogen (secondary N) is 5. The average Bonchev–Trinajstić information content (AvgIpc) is 3.44. The van der Waals surface area contributed by atoms with Crippen LogP contribution in [0.5, 0.6) is 11.5 Å². The number of carbonyl (C=O) groups is 3. The number of primary amides is 1. The molecule has 16 heteroatoms. The first-order valence-electron chi connectivity index (χ1n) is 12.9. The molecule has 9 N–H and O–H groups in total. The Bertz CT molecular complexity index is 1370. The molecular weight excluding hydrogens is 564 g/mol. The lowest BCUT2D eigenvalue weighted by Gasteiger charge is -2.25. The van der Waals surface area contributed by atoms with Crippen LogP contribution in [-0.4, -0.2) is 84.7 Å². The molecule has 3 amide bonds. The van der Waals surface area contributed by atoms with Crippen LogP contribution in [0.2, 0.25) is 0 Å². The number of aromatic amines is 1. The van der Waals surface area contributed by atoms with Crippen LogP contribution in [0.25, 0.3) is 11.3 Å². The Morgan fingerprint density at radius 2 is 2.07 bits per heavy atom. The number of amides is 3. The number of nitrogens with zero attached hydrogens (tertiary/aromatic N) is 3. The van der Waals surface area contributed by atoms with Gasteiger partial charge in [-0.1, -0.05) is 6.07 Å². The third-order valence-corrected chi connectivity index (χ3v) is 7.00. The second-order valence-electron chi connectivity index (χ2n) is 8.91. The molecule has 0 saturated carbocycles. The summed E-state index contributed by atoms with van der Waals surface area (Å²) < 4.78 is 11.6. The zero-order valence-electron chi connectivity index (χ0n) is 23.2.